The summed E-state index contributed by atoms with van der Waals surface area (Å²) >= 11 is 1.74. The number of nitrogens with zero attached hydrogens (tertiary/aromatic N) is 1. The zero-order chi connectivity index (χ0) is 10.7. The van der Waals surface area contributed by atoms with E-state index in [1.165, 1.54) is 24.1 Å². The smallest absolute Gasteiger partial charge is 0.0794 e. The summed E-state index contributed by atoms with van der Waals surface area (Å²) in [7, 11) is 0. The van der Waals surface area contributed by atoms with Gasteiger partial charge in [-0.3, -0.25) is 4.98 Å². The van der Waals surface area contributed by atoms with E-state index in [1.54, 1.807) is 11.3 Å². The van der Waals surface area contributed by atoms with Crippen LogP contribution >= 0.6 is 11.3 Å². The number of hydrogen-bond acceptors (Lipinski definition) is 3. The fourth-order valence-corrected chi connectivity index (χ4v) is 2.98. The lowest BCUT2D eigenvalue weighted by Crippen LogP contribution is -2.40. The zero-order valence-electron chi connectivity index (χ0n) is 9.57. The quantitative estimate of drug-likeness (QED) is 0.853. The fraction of sp³-hybridized carbons (Fsp3) is 0.750. The molecule has 1 saturated carbocycles. The highest BCUT2D eigenvalue weighted by molar-refractivity contribution is 7.09. The minimum absolute atomic E-state index is 0.704. The molecule has 1 N–H and O–H groups in total. The van der Waals surface area contributed by atoms with Gasteiger partial charge in [0.25, 0.3) is 0 Å². The maximum absolute atomic E-state index is 4.10. The molecule has 0 radical (unpaired) electrons. The second-order valence-electron chi connectivity index (χ2n) is 4.72. The number of aromatic nitrogens is 1. The molecule has 0 bridgehead atoms. The molecule has 0 amide bonds. The maximum atomic E-state index is 4.10. The minimum atomic E-state index is 0.704. The summed E-state index contributed by atoms with van der Waals surface area (Å²) in [5.41, 5.74) is 1.91. The minimum Gasteiger partial charge on any atom is -0.309 e. The summed E-state index contributed by atoms with van der Waals surface area (Å²) in [6.45, 7) is 5.76. The van der Waals surface area contributed by atoms with Crippen LogP contribution in [0, 0.1) is 11.8 Å². The molecule has 0 aliphatic heterocycles. The third-order valence-electron chi connectivity index (χ3n) is 3.73. The molecule has 1 aliphatic carbocycles. The number of thiazole rings is 1. The van der Waals surface area contributed by atoms with Crippen LogP contribution in [-0.4, -0.2) is 11.0 Å². The number of rotatable bonds is 3. The van der Waals surface area contributed by atoms with Gasteiger partial charge in [-0.2, -0.15) is 0 Å². The Morgan fingerprint density at radius 2 is 2.33 bits per heavy atom. The van der Waals surface area contributed by atoms with Crippen molar-refractivity contribution in [3.05, 3.63) is 16.6 Å². The third kappa shape index (κ3) is 2.79. The Morgan fingerprint density at radius 1 is 1.47 bits per heavy atom. The lowest BCUT2D eigenvalue weighted by atomic mass is 9.78. The van der Waals surface area contributed by atoms with Gasteiger partial charge in [0.05, 0.1) is 5.51 Å². The van der Waals surface area contributed by atoms with Crippen molar-refractivity contribution in [2.24, 2.45) is 11.8 Å². The van der Waals surface area contributed by atoms with E-state index in [9.17, 15) is 0 Å². The standard InChI is InChI=1S/C12H20N2S/c1-9-4-3-5-12(10(9)2)14-7-11-6-13-8-15-11/h6,8-10,12,14H,3-5,7H2,1-2H3. The van der Waals surface area contributed by atoms with Crippen LogP contribution < -0.4 is 5.32 Å². The maximum Gasteiger partial charge on any atom is 0.0794 e. The Labute approximate surface area is 96.1 Å². The van der Waals surface area contributed by atoms with Crippen molar-refractivity contribution in [3.63, 3.8) is 0 Å². The van der Waals surface area contributed by atoms with Gasteiger partial charge in [0.2, 0.25) is 0 Å². The molecule has 0 aromatic carbocycles. The SMILES string of the molecule is CC1CCCC(NCc2cncs2)C1C. The van der Waals surface area contributed by atoms with Crippen molar-refractivity contribution in [3.8, 4) is 0 Å². The van der Waals surface area contributed by atoms with E-state index < -0.39 is 0 Å². The molecule has 1 aromatic heterocycles. The molecule has 0 saturated heterocycles. The van der Waals surface area contributed by atoms with Crippen LogP contribution in [0.5, 0.6) is 0 Å². The van der Waals surface area contributed by atoms with Crippen molar-refractivity contribution in [2.45, 2.75) is 45.7 Å². The first-order valence-electron chi connectivity index (χ1n) is 5.88. The van der Waals surface area contributed by atoms with Crippen LogP contribution in [0.2, 0.25) is 0 Å². The van der Waals surface area contributed by atoms with Gasteiger partial charge in [-0.25, -0.2) is 0 Å². The molecule has 1 aliphatic rings. The topological polar surface area (TPSA) is 24.9 Å². The third-order valence-corrected chi connectivity index (χ3v) is 4.51. The summed E-state index contributed by atoms with van der Waals surface area (Å²) in [5.74, 6) is 1.68. The monoisotopic (exact) mass is 224 g/mol. The molecule has 3 heteroatoms. The second kappa shape index (κ2) is 5.08. The molecule has 1 heterocycles. The van der Waals surface area contributed by atoms with Crippen LogP contribution in [0.4, 0.5) is 0 Å². The highest BCUT2D eigenvalue weighted by Gasteiger charge is 2.26. The Kier molecular flexibility index (Phi) is 3.76. The van der Waals surface area contributed by atoms with Crippen LogP contribution in [0.15, 0.2) is 11.7 Å². The summed E-state index contributed by atoms with van der Waals surface area (Å²) in [6.07, 6.45) is 6.09. The summed E-state index contributed by atoms with van der Waals surface area (Å²) in [5, 5.41) is 3.67. The molecule has 1 fully saturated rings. The average molecular weight is 224 g/mol. The largest absolute Gasteiger partial charge is 0.309 e. The first kappa shape index (κ1) is 11.1. The Bertz CT molecular complexity index is 284. The molecule has 15 heavy (non-hydrogen) atoms. The van der Waals surface area contributed by atoms with Gasteiger partial charge in [0, 0.05) is 23.7 Å². The normalized spacial score (nSPS) is 31.7. The second-order valence-corrected chi connectivity index (χ2v) is 5.69. The van der Waals surface area contributed by atoms with Crippen LogP contribution in [-0.2, 0) is 6.54 Å². The van der Waals surface area contributed by atoms with Gasteiger partial charge < -0.3 is 5.32 Å². The van der Waals surface area contributed by atoms with Gasteiger partial charge in [-0.1, -0.05) is 26.7 Å². The molecule has 2 nitrogen and oxygen atoms in total. The summed E-state index contributed by atoms with van der Waals surface area (Å²) in [4.78, 5) is 5.45. The molecule has 3 unspecified atom stereocenters. The van der Waals surface area contributed by atoms with Crippen LogP contribution in [0.1, 0.15) is 38.0 Å². The first-order chi connectivity index (χ1) is 7.27. The number of hydrogen-bond donors (Lipinski definition) is 1. The van der Waals surface area contributed by atoms with Crippen molar-refractivity contribution >= 4 is 11.3 Å². The Hall–Kier alpha value is -0.410. The van der Waals surface area contributed by atoms with Gasteiger partial charge in [-0.05, 0) is 18.3 Å². The average Bonchev–Trinajstić information content (AvgIpc) is 2.73. The highest BCUT2D eigenvalue weighted by Crippen LogP contribution is 2.29. The van der Waals surface area contributed by atoms with Gasteiger partial charge in [0.1, 0.15) is 0 Å². The van der Waals surface area contributed by atoms with E-state index in [-0.39, 0.29) is 0 Å². The van der Waals surface area contributed by atoms with Gasteiger partial charge in [-0.15, -0.1) is 11.3 Å². The van der Waals surface area contributed by atoms with E-state index in [0.717, 1.165) is 18.4 Å². The van der Waals surface area contributed by atoms with Crippen molar-refractivity contribution in [1.29, 1.82) is 0 Å². The lowest BCUT2D eigenvalue weighted by molar-refractivity contribution is 0.206. The Balaban J connectivity index is 1.83. The predicted octanol–water partition coefficient (Wildman–Crippen LogP) is 3.06. The summed E-state index contributed by atoms with van der Waals surface area (Å²) in [6, 6.07) is 0.704. The summed E-state index contributed by atoms with van der Waals surface area (Å²) < 4.78 is 0. The van der Waals surface area contributed by atoms with E-state index in [0.29, 0.717) is 6.04 Å². The lowest BCUT2D eigenvalue weighted by Gasteiger charge is -2.34. The molecule has 1 aromatic rings. The zero-order valence-corrected chi connectivity index (χ0v) is 10.4. The predicted molar refractivity (Wildman–Crippen MR) is 64.9 cm³/mol. The van der Waals surface area contributed by atoms with Crippen molar-refractivity contribution in [2.75, 3.05) is 0 Å². The van der Waals surface area contributed by atoms with Crippen LogP contribution in [0.25, 0.3) is 0 Å². The van der Waals surface area contributed by atoms with Crippen LogP contribution in [0.3, 0.4) is 0 Å². The van der Waals surface area contributed by atoms with E-state index in [1.807, 2.05) is 11.7 Å². The number of nitrogens with one attached hydrogen (secondary N) is 1. The molecule has 0 spiro atoms. The van der Waals surface area contributed by atoms with Crippen molar-refractivity contribution < 1.29 is 0 Å². The van der Waals surface area contributed by atoms with E-state index >= 15 is 0 Å². The first-order valence-corrected chi connectivity index (χ1v) is 6.76. The highest BCUT2D eigenvalue weighted by atomic mass is 32.1. The molecule has 2 rings (SSSR count). The molecule has 3 atom stereocenters. The molecule has 84 valence electrons. The fourth-order valence-electron chi connectivity index (χ4n) is 2.43. The van der Waals surface area contributed by atoms with Gasteiger partial charge >= 0.3 is 0 Å². The Morgan fingerprint density at radius 3 is 3.07 bits per heavy atom. The molecular formula is C12H20N2S. The van der Waals surface area contributed by atoms with Crippen molar-refractivity contribution in [1.82, 2.24) is 10.3 Å². The van der Waals surface area contributed by atoms with Gasteiger partial charge in [0.15, 0.2) is 0 Å². The molecular weight excluding hydrogens is 204 g/mol. The van der Waals surface area contributed by atoms with E-state index in [2.05, 4.69) is 24.1 Å². The van der Waals surface area contributed by atoms with E-state index in [4.69, 9.17) is 0 Å².